The molecule has 27 heavy (non-hydrogen) atoms. The molecule has 5 rings (SSSR count). The maximum absolute atomic E-state index is 14.4. The van der Waals surface area contributed by atoms with Crippen LogP contribution >= 0.6 is 0 Å². The van der Waals surface area contributed by atoms with Crippen molar-refractivity contribution in [3.05, 3.63) is 0 Å². The molecule has 5 aliphatic rings. The predicted molar refractivity (Wildman–Crippen MR) is 94.0 cm³/mol. The van der Waals surface area contributed by atoms with Gasteiger partial charge in [0.15, 0.2) is 11.9 Å². The van der Waals surface area contributed by atoms with E-state index in [9.17, 15) is 4.39 Å². The Bertz CT molecular complexity index is 549. The highest BCUT2D eigenvalue weighted by Crippen LogP contribution is 2.62. The molecule has 0 amide bonds. The van der Waals surface area contributed by atoms with Gasteiger partial charge in [0, 0.05) is 24.9 Å². The van der Waals surface area contributed by atoms with E-state index in [1.165, 1.54) is 0 Å². The Morgan fingerprint density at radius 1 is 1.07 bits per heavy atom. The van der Waals surface area contributed by atoms with E-state index in [2.05, 4.69) is 6.92 Å². The lowest BCUT2D eigenvalue weighted by Crippen LogP contribution is -2.73. The van der Waals surface area contributed by atoms with Crippen LogP contribution in [-0.4, -0.2) is 48.5 Å². The van der Waals surface area contributed by atoms with Crippen molar-refractivity contribution in [2.45, 2.75) is 82.8 Å². The van der Waals surface area contributed by atoms with Gasteiger partial charge < -0.3 is 19.3 Å². The highest BCUT2D eigenvalue weighted by Gasteiger charge is 2.72. The number of ether oxygens (including phenoxy) is 3. The Morgan fingerprint density at radius 3 is 2.63 bits per heavy atom. The number of aliphatic hydroxyl groups excluding tert-OH is 1. The zero-order valence-electron chi connectivity index (χ0n) is 16.6. The van der Waals surface area contributed by atoms with Crippen LogP contribution in [0.25, 0.3) is 0 Å². The summed E-state index contributed by atoms with van der Waals surface area (Å²) in [5, 5.41) is 8.99. The van der Waals surface area contributed by atoms with Gasteiger partial charge in [0.05, 0.1) is 6.61 Å². The molecule has 1 unspecified atom stereocenters. The minimum atomic E-state index is -1.34. The monoisotopic (exact) mass is 388 g/mol. The Balaban J connectivity index is 1.67. The van der Waals surface area contributed by atoms with Crippen molar-refractivity contribution in [2.24, 2.45) is 23.7 Å². The fourth-order valence-corrected chi connectivity index (χ4v) is 5.80. The lowest BCUT2D eigenvalue weighted by atomic mass is 9.57. The highest BCUT2D eigenvalue weighted by atomic mass is 19.1. The molecule has 5 fully saturated rings. The van der Waals surface area contributed by atoms with Crippen LogP contribution in [0.2, 0.25) is 0 Å². The van der Waals surface area contributed by atoms with Gasteiger partial charge in [-0.3, -0.25) is 0 Å². The second-order valence-corrected chi connectivity index (χ2v) is 9.04. The van der Waals surface area contributed by atoms with Crippen molar-refractivity contribution in [1.82, 2.24) is 0 Å². The summed E-state index contributed by atoms with van der Waals surface area (Å²) < 4.78 is 32.9. The molecule has 156 valence electrons. The maximum Gasteiger partial charge on any atom is 0.202 e. The SMILES string of the molecule is C[C@@H]1CC[C@H]2[C@@H](C)[C@@](CF)(OCCCCO)O[C@@H]3O[C@]4(C)CCC1[C@]32OO4. The van der Waals surface area contributed by atoms with Gasteiger partial charge >= 0.3 is 0 Å². The third kappa shape index (κ3) is 2.97. The van der Waals surface area contributed by atoms with Crippen molar-refractivity contribution in [3.63, 3.8) is 0 Å². The average Bonchev–Trinajstić information content (AvgIpc) is 2.89. The summed E-state index contributed by atoms with van der Waals surface area (Å²) in [6, 6.07) is 0. The molecule has 0 aromatic rings. The first-order valence-corrected chi connectivity index (χ1v) is 10.4. The van der Waals surface area contributed by atoms with E-state index in [0.29, 0.717) is 25.4 Å². The average molecular weight is 388 g/mol. The predicted octanol–water partition coefficient (Wildman–Crippen LogP) is 3.32. The first-order valence-electron chi connectivity index (χ1n) is 10.4. The van der Waals surface area contributed by atoms with Crippen molar-refractivity contribution >= 4 is 0 Å². The third-order valence-corrected chi connectivity index (χ3v) is 7.46. The number of hydrogen-bond acceptors (Lipinski definition) is 6. The maximum atomic E-state index is 14.4. The Hall–Kier alpha value is -0.310. The molecular weight excluding hydrogens is 355 g/mol. The lowest BCUT2D eigenvalue weighted by molar-refractivity contribution is -0.587. The molecular formula is C20H33FO6. The van der Waals surface area contributed by atoms with Crippen LogP contribution in [0, 0.1) is 23.7 Å². The Morgan fingerprint density at radius 2 is 1.89 bits per heavy atom. The smallest absolute Gasteiger partial charge is 0.202 e. The molecule has 4 heterocycles. The molecule has 1 saturated carbocycles. The number of halogens is 1. The van der Waals surface area contributed by atoms with Gasteiger partial charge in [-0.15, -0.1) is 0 Å². The van der Waals surface area contributed by atoms with E-state index in [1.54, 1.807) is 0 Å². The minimum absolute atomic E-state index is 0.0358. The van der Waals surface area contributed by atoms with Crippen LogP contribution < -0.4 is 0 Å². The zero-order valence-corrected chi connectivity index (χ0v) is 16.6. The highest BCUT2D eigenvalue weighted by molar-refractivity contribution is 5.11. The summed E-state index contributed by atoms with van der Waals surface area (Å²) in [6.45, 7) is 5.81. The molecule has 8 atom stereocenters. The number of fused-ring (bicyclic) bond motifs is 2. The van der Waals surface area contributed by atoms with E-state index < -0.39 is 30.1 Å². The topological polar surface area (TPSA) is 66.4 Å². The summed E-state index contributed by atoms with van der Waals surface area (Å²) in [4.78, 5) is 11.9. The third-order valence-electron chi connectivity index (χ3n) is 7.46. The number of alkyl halides is 1. The molecule has 7 heteroatoms. The van der Waals surface area contributed by atoms with Crippen LogP contribution in [0.4, 0.5) is 4.39 Å². The number of aliphatic hydroxyl groups is 1. The molecule has 1 aliphatic carbocycles. The standard InChI is InChI=1S/C20H33FO6/c1-13-6-7-16-14(2)19(12-21,23-11-5-4-10-22)25-17-20(16)15(13)8-9-18(3,24-17)26-27-20/h13-17,22H,4-12H2,1-3H3/t13-,14-,15?,16+,17+,18+,19+,20-/m1/s1. The van der Waals surface area contributed by atoms with Crippen molar-refractivity contribution < 1.29 is 33.5 Å². The molecule has 0 radical (unpaired) electrons. The summed E-state index contributed by atoms with van der Waals surface area (Å²) in [5.74, 6) is -1.66. The minimum Gasteiger partial charge on any atom is -0.396 e. The summed E-state index contributed by atoms with van der Waals surface area (Å²) in [7, 11) is 0. The Kier molecular flexibility index (Phi) is 5.32. The molecule has 0 aromatic heterocycles. The van der Waals surface area contributed by atoms with Gasteiger partial charge in [0.2, 0.25) is 11.6 Å². The van der Waals surface area contributed by atoms with E-state index in [-0.39, 0.29) is 24.4 Å². The van der Waals surface area contributed by atoms with Crippen molar-refractivity contribution in [2.75, 3.05) is 19.9 Å². The molecule has 1 N–H and O–H groups in total. The quantitative estimate of drug-likeness (QED) is 0.556. The van der Waals surface area contributed by atoms with Gasteiger partial charge in [-0.05, 0) is 50.9 Å². The van der Waals surface area contributed by atoms with Crippen LogP contribution in [0.15, 0.2) is 0 Å². The molecule has 1 spiro atoms. The van der Waals surface area contributed by atoms with Gasteiger partial charge in [0.1, 0.15) is 6.67 Å². The van der Waals surface area contributed by atoms with Crippen molar-refractivity contribution in [1.29, 1.82) is 0 Å². The van der Waals surface area contributed by atoms with Crippen LogP contribution in [-0.2, 0) is 24.0 Å². The fourth-order valence-electron chi connectivity index (χ4n) is 5.80. The summed E-state index contributed by atoms with van der Waals surface area (Å²) in [5.41, 5.74) is -0.708. The van der Waals surface area contributed by atoms with Crippen LogP contribution in [0.1, 0.15) is 59.3 Å². The van der Waals surface area contributed by atoms with Gasteiger partial charge in [0.25, 0.3) is 0 Å². The van der Waals surface area contributed by atoms with Crippen LogP contribution in [0.3, 0.4) is 0 Å². The van der Waals surface area contributed by atoms with Crippen LogP contribution in [0.5, 0.6) is 0 Å². The first-order chi connectivity index (χ1) is 12.9. The lowest BCUT2D eigenvalue weighted by Gasteiger charge is -2.62. The molecule has 4 aliphatic heterocycles. The second-order valence-electron chi connectivity index (χ2n) is 9.04. The summed E-state index contributed by atoms with van der Waals surface area (Å²) in [6.07, 6.45) is 4.23. The largest absolute Gasteiger partial charge is 0.396 e. The van der Waals surface area contributed by atoms with Gasteiger partial charge in [-0.25, -0.2) is 14.2 Å². The normalized spacial score (nSPS) is 51.7. The number of unbranched alkanes of at least 4 members (excludes halogenated alkanes) is 1. The molecule has 2 bridgehead atoms. The van der Waals surface area contributed by atoms with E-state index in [0.717, 1.165) is 25.7 Å². The number of hydrogen-bond donors (Lipinski definition) is 1. The van der Waals surface area contributed by atoms with Crippen molar-refractivity contribution in [3.8, 4) is 0 Å². The molecule has 4 saturated heterocycles. The van der Waals surface area contributed by atoms with Gasteiger partial charge in [-0.2, -0.15) is 0 Å². The fraction of sp³-hybridized carbons (Fsp3) is 1.00. The first kappa shape index (κ1) is 20.0. The van der Waals surface area contributed by atoms with E-state index in [1.807, 2.05) is 13.8 Å². The van der Waals surface area contributed by atoms with E-state index in [4.69, 9.17) is 29.1 Å². The molecule has 6 nitrogen and oxygen atoms in total. The second kappa shape index (κ2) is 7.18. The van der Waals surface area contributed by atoms with E-state index >= 15 is 0 Å². The summed E-state index contributed by atoms with van der Waals surface area (Å²) >= 11 is 0. The zero-order chi connectivity index (χ0) is 19.3. The molecule has 0 aromatic carbocycles. The Labute approximate surface area is 160 Å². The number of rotatable bonds is 6. The van der Waals surface area contributed by atoms with Gasteiger partial charge in [-0.1, -0.05) is 13.8 Å².